The van der Waals surface area contributed by atoms with Gasteiger partial charge in [0.1, 0.15) is 5.78 Å². The molecule has 1 rings (SSSR count). The first-order valence-electron chi connectivity index (χ1n) is 3.43. The molecule has 0 bridgehead atoms. The molecule has 8 heteroatoms. The van der Waals surface area contributed by atoms with E-state index in [1.165, 1.54) is 0 Å². The van der Waals surface area contributed by atoms with Crippen molar-refractivity contribution in [3.63, 3.8) is 0 Å². The van der Waals surface area contributed by atoms with Gasteiger partial charge in [-0.2, -0.15) is 0 Å². The molecule has 0 spiro atoms. The molecule has 2 atom stereocenters. The molecule has 1 fully saturated rings. The number of Topliss-reactive ketones (excluding diaryl/α,β-unsaturated/α-hetero) is 1. The summed E-state index contributed by atoms with van der Waals surface area (Å²) in [6, 6.07) is -0.445. The third-order valence-electron chi connectivity index (χ3n) is 1.69. The predicted molar refractivity (Wildman–Crippen MR) is 53.9 cm³/mol. The fourth-order valence-electron chi connectivity index (χ4n) is 1.05. The largest absolute Gasteiger partial charge is 0.668 e. The monoisotopic (exact) mass is 428 g/mol. The number of hydrogen-bond donors (Lipinski definition) is 1. The van der Waals surface area contributed by atoms with Crippen LogP contribution in [0.1, 0.15) is 19.3 Å². The van der Waals surface area contributed by atoms with Crippen LogP contribution in [0.25, 0.3) is 5.73 Å². The molecule has 5 nitrogen and oxygen atoms in total. The molecular formula is C6H15Cl2N2O3Pt-. The van der Waals surface area contributed by atoms with Crippen molar-refractivity contribution in [1.29, 1.82) is 0 Å². The van der Waals surface area contributed by atoms with Crippen molar-refractivity contribution in [1.82, 2.24) is 0 Å². The summed E-state index contributed by atoms with van der Waals surface area (Å²) in [6.07, 6.45) is 1.84. The number of ketones is 1. The molecule has 1 aliphatic carbocycles. The minimum atomic E-state index is -0.534. The van der Waals surface area contributed by atoms with Crippen molar-refractivity contribution in [2.45, 2.75) is 31.3 Å². The van der Waals surface area contributed by atoms with Gasteiger partial charge in [0.25, 0.3) is 0 Å². The van der Waals surface area contributed by atoms with E-state index in [4.69, 9.17) is 30.3 Å². The Kier molecular flexibility index (Phi) is 17.1. The Morgan fingerprint density at radius 2 is 1.86 bits per heavy atom. The maximum atomic E-state index is 10.7. The van der Waals surface area contributed by atoms with Crippen molar-refractivity contribution in [2.24, 2.45) is 5.73 Å². The third-order valence-corrected chi connectivity index (χ3v) is 1.69. The smallest absolute Gasteiger partial charge is 0.115 e. The Bertz CT molecular complexity index is 153. The van der Waals surface area contributed by atoms with Crippen LogP contribution in [-0.4, -0.2) is 28.8 Å². The minimum Gasteiger partial charge on any atom is -0.668 e. The van der Waals surface area contributed by atoms with Gasteiger partial charge in [-0.05, 0) is 12.8 Å². The molecule has 0 saturated heterocycles. The number of hydrogen-bond acceptors (Lipinski definition) is 2. The summed E-state index contributed by atoms with van der Waals surface area (Å²) in [6.45, 7) is 0. The topological polar surface area (TPSA) is 130 Å². The number of halogens is 2. The molecular weight excluding hydrogens is 414 g/mol. The molecule has 14 heavy (non-hydrogen) atoms. The Labute approximate surface area is 99.5 Å². The van der Waals surface area contributed by atoms with Crippen LogP contribution in [0.15, 0.2) is 0 Å². The quantitative estimate of drug-likeness (QED) is 0.591. The molecule has 7 N–H and O–H groups in total. The van der Waals surface area contributed by atoms with E-state index >= 15 is 0 Å². The third kappa shape index (κ3) is 9.34. The van der Waals surface area contributed by atoms with Crippen molar-refractivity contribution in [3.8, 4) is 0 Å². The second kappa shape index (κ2) is 11.9. The molecule has 1 aliphatic rings. The van der Waals surface area contributed by atoms with Crippen LogP contribution in [0.2, 0.25) is 0 Å². The maximum Gasteiger partial charge on any atom is 0.115 e. The second-order valence-electron chi connectivity index (χ2n) is 2.60. The van der Waals surface area contributed by atoms with E-state index in [0.29, 0.717) is 12.8 Å². The van der Waals surface area contributed by atoms with Crippen molar-refractivity contribution < 1.29 is 32.2 Å². The van der Waals surface area contributed by atoms with E-state index in [-0.39, 0.29) is 22.8 Å². The summed E-state index contributed by atoms with van der Waals surface area (Å²) >= 11 is -0.472. The molecule has 1 saturated carbocycles. The van der Waals surface area contributed by atoms with E-state index in [0.717, 1.165) is 6.42 Å². The van der Waals surface area contributed by atoms with Gasteiger partial charge in [0.05, 0.1) is 0 Å². The zero-order valence-corrected chi connectivity index (χ0v) is 11.1. The summed E-state index contributed by atoms with van der Waals surface area (Å²) in [5, 5.41) is 0. The van der Waals surface area contributed by atoms with Gasteiger partial charge in [0.2, 0.25) is 0 Å². The van der Waals surface area contributed by atoms with Gasteiger partial charge in [0.15, 0.2) is 0 Å². The van der Waals surface area contributed by atoms with Gasteiger partial charge in [-0.15, -0.1) is 0 Å². The van der Waals surface area contributed by atoms with E-state index in [9.17, 15) is 4.79 Å². The number of carbonyl (C=O) groups excluding carboxylic acids is 1. The van der Waals surface area contributed by atoms with Crippen LogP contribution in [0.3, 0.4) is 0 Å². The molecule has 0 amide bonds. The van der Waals surface area contributed by atoms with Crippen LogP contribution < -0.4 is 5.73 Å². The minimum absolute atomic E-state index is 0. The van der Waals surface area contributed by atoms with Crippen LogP contribution in [0.5, 0.6) is 0 Å². The number of carbonyl (C=O) groups is 1. The normalized spacial score (nSPS) is 25.3. The van der Waals surface area contributed by atoms with Crippen molar-refractivity contribution in [2.75, 3.05) is 0 Å². The Hall–Kier alpha value is 0.778. The molecule has 0 aromatic heterocycles. The molecule has 0 aliphatic heterocycles. The second-order valence-corrected chi connectivity index (χ2v) is 5.88. The van der Waals surface area contributed by atoms with Crippen LogP contribution in [0, 0.1) is 0 Å². The number of nitrogens with one attached hydrogen (secondary N) is 1. The summed E-state index contributed by atoms with van der Waals surface area (Å²) in [5.74, 6) is 0.0525. The molecule has 92 valence electrons. The van der Waals surface area contributed by atoms with Crippen LogP contribution >= 0.6 is 18.8 Å². The number of nitrogens with two attached hydrogens (primary N) is 1. The average molecular weight is 429 g/mol. The van der Waals surface area contributed by atoms with Gasteiger partial charge >= 0.3 is 35.3 Å². The van der Waals surface area contributed by atoms with Gasteiger partial charge in [-0.1, -0.05) is 6.04 Å². The first-order chi connectivity index (χ1) is 5.61. The molecule has 0 radical (unpaired) electrons. The van der Waals surface area contributed by atoms with Gasteiger partial charge in [-0.3, -0.25) is 0 Å². The summed E-state index contributed by atoms with van der Waals surface area (Å²) in [5.41, 5.74) is 12.7. The van der Waals surface area contributed by atoms with Crippen LogP contribution in [0.4, 0.5) is 0 Å². The molecule has 0 heterocycles. The fraction of sp³-hybridized carbons (Fsp3) is 0.833. The maximum absolute atomic E-state index is 10.7. The van der Waals surface area contributed by atoms with Gasteiger partial charge in [0, 0.05) is 12.5 Å². The van der Waals surface area contributed by atoms with Gasteiger partial charge in [-0.25, -0.2) is 0 Å². The fourth-order valence-corrected chi connectivity index (χ4v) is 1.05. The SMILES string of the molecule is O.O.[Cl][Pt][Cl].[NH-]C1CC(N)CCC1=O. The zero-order valence-electron chi connectivity index (χ0n) is 7.33. The predicted octanol–water partition coefficient (Wildman–Crippen LogP) is 0.215. The summed E-state index contributed by atoms with van der Waals surface area (Å²) in [7, 11) is 9.75. The summed E-state index contributed by atoms with van der Waals surface area (Å²) in [4.78, 5) is 10.7. The first kappa shape index (κ1) is 20.2. The zero-order chi connectivity index (χ0) is 9.56. The van der Waals surface area contributed by atoms with E-state index in [1.807, 2.05) is 0 Å². The van der Waals surface area contributed by atoms with E-state index in [1.54, 1.807) is 0 Å². The Balaban J connectivity index is -0.000000218. The van der Waals surface area contributed by atoms with Crippen molar-refractivity contribution in [3.05, 3.63) is 5.73 Å². The Morgan fingerprint density at radius 1 is 1.43 bits per heavy atom. The standard InChI is InChI=1S/C6H11N2O.2ClH.2H2O.Pt/c7-4-1-2-6(9)5(8)3-4;;;;;/h4-5,8H,1-3,7H2;2*1H;2*1H2;/q-1;;;;;+2/p-2. The average Bonchev–Trinajstić information content (AvgIpc) is 1.99. The molecule has 2 unspecified atom stereocenters. The molecule has 0 aromatic rings. The summed E-state index contributed by atoms with van der Waals surface area (Å²) < 4.78 is 0. The van der Waals surface area contributed by atoms with Crippen molar-refractivity contribution >= 4 is 24.6 Å². The van der Waals surface area contributed by atoms with E-state index < -0.39 is 22.5 Å². The molecule has 0 aromatic carbocycles. The van der Waals surface area contributed by atoms with E-state index in [2.05, 4.69) is 0 Å². The first-order valence-corrected chi connectivity index (χ1v) is 9.06. The number of rotatable bonds is 0. The van der Waals surface area contributed by atoms with Gasteiger partial charge < -0.3 is 27.2 Å². The Morgan fingerprint density at radius 3 is 2.14 bits per heavy atom. The van der Waals surface area contributed by atoms with Crippen LogP contribution in [-0.2, 0) is 21.3 Å².